The smallest absolute Gasteiger partial charge is 0.266 e. The lowest BCUT2D eigenvalue weighted by Gasteiger charge is -1.97. The summed E-state index contributed by atoms with van der Waals surface area (Å²) in [4.78, 5) is 15.1. The highest BCUT2D eigenvalue weighted by Gasteiger charge is 2.33. The van der Waals surface area contributed by atoms with E-state index in [0.717, 1.165) is 16.9 Å². The van der Waals surface area contributed by atoms with Gasteiger partial charge in [0, 0.05) is 11.5 Å². The molecule has 0 N–H and O–H groups in total. The van der Waals surface area contributed by atoms with E-state index < -0.39 is 0 Å². The Morgan fingerprint density at radius 1 is 1.62 bits per heavy atom. The zero-order chi connectivity index (χ0) is 9.59. The van der Waals surface area contributed by atoms with Gasteiger partial charge in [0.2, 0.25) is 0 Å². The maximum Gasteiger partial charge on any atom is 0.288 e. The Labute approximate surface area is 76.1 Å². The first-order valence-corrected chi connectivity index (χ1v) is 4.11. The second-order valence-electron chi connectivity index (χ2n) is 3.30. The van der Waals surface area contributed by atoms with Crippen molar-refractivity contribution in [2.75, 3.05) is 0 Å². The molecule has 0 bridgehead atoms. The second kappa shape index (κ2) is 2.40. The van der Waals surface area contributed by atoms with Gasteiger partial charge in [0.25, 0.3) is 5.91 Å². The minimum Gasteiger partial charge on any atom is -0.266 e. The molecular formula is C10H8N2O. The quantitative estimate of drug-likeness (QED) is 0.554. The molecule has 0 fully saturated rings. The number of hydrogen-bond acceptors (Lipinski definition) is 2. The van der Waals surface area contributed by atoms with Crippen LogP contribution < -0.4 is 0 Å². The zero-order valence-electron chi connectivity index (χ0n) is 7.46. The Hall–Kier alpha value is -1.69. The molecule has 2 aliphatic rings. The Bertz CT molecular complexity index is 432. The summed E-state index contributed by atoms with van der Waals surface area (Å²) >= 11 is 0. The molecule has 3 nitrogen and oxygen atoms in total. The van der Waals surface area contributed by atoms with E-state index in [-0.39, 0.29) is 17.4 Å². The average molecular weight is 172 g/mol. The summed E-state index contributed by atoms with van der Waals surface area (Å²) in [7, 11) is 0. The number of aliphatic imine (C=N–C) groups is 1. The molecule has 0 aromatic rings. The Morgan fingerprint density at radius 2 is 2.31 bits per heavy atom. The van der Waals surface area contributed by atoms with Gasteiger partial charge in [0.1, 0.15) is 11.6 Å². The first-order chi connectivity index (χ1) is 6.15. The molecule has 0 aromatic heterocycles. The van der Waals surface area contributed by atoms with Crippen LogP contribution in [0.1, 0.15) is 13.8 Å². The Morgan fingerprint density at radius 3 is 2.92 bits per heavy atom. The lowest BCUT2D eigenvalue weighted by Crippen LogP contribution is -2.02. The van der Waals surface area contributed by atoms with Crippen LogP contribution in [0.2, 0.25) is 0 Å². The third kappa shape index (κ3) is 0.888. The molecule has 0 radical (unpaired) electrons. The van der Waals surface area contributed by atoms with Crippen molar-refractivity contribution in [1.29, 1.82) is 5.26 Å². The van der Waals surface area contributed by atoms with Crippen molar-refractivity contribution in [3.63, 3.8) is 0 Å². The summed E-state index contributed by atoms with van der Waals surface area (Å²) in [6.45, 7) is 3.88. The molecular weight excluding hydrogens is 164 g/mol. The first kappa shape index (κ1) is 7.93. The van der Waals surface area contributed by atoms with Gasteiger partial charge in [-0.1, -0.05) is 13.0 Å². The van der Waals surface area contributed by atoms with Crippen LogP contribution in [0.4, 0.5) is 0 Å². The minimum atomic E-state index is -0.383. The summed E-state index contributed by atoms with van der Waals surface area (Å²) < 4.78 is 0. The van der Waals surface area contributed by atoms with E-state index in [1.807, 2.05) is 26.0 Å². The van der Waals surface area contributed by atoms with Crippen molar-refractivity contribution in [2.45, 2.75) is 13.8 Å². The normalized spacial score (nSPS) is 25.6. The summed E-state index contributed by atoms with van der Waals surface area (Å²) in [6, 6.07) is 1.91. The number of carbonyl (C=O) groups excluding carboxylic acids is 1. The molecule has 1 atom stereocenters. The van der Waals surface area contributed by atoms with Gasteiger partial charge in [-0.15, -0.1) is 0 Å². The summed E-state index contributed by atoms with van der Waals surface area (Å²) in [5.74, 6) is -0.211. The lowest BCUT2D eigenvalue weighted by molar-refractivity contribution is -0.113. The number of hydrogen-bond donors (Lipinski definition) is 0. The molecule has 0 aromatic carbocycles. The lowest BCUT2D eigenvalue weighted by atomic mass is 10.0. The van der Waals surface area contributed by atoms with Crippen molar-refractivity contribution in [3.05, 3.63) is 22.8 Å². The van der Waals surface area contributed by atoms with Crippen LogP contribution in [-0.4, -0.2) is 11.6 Å². The van der Waals surface area contributed by atoms with E-state index in [2.05, 4.69) is 4.99 Å². The fourth-order valence-corrected chi connectivity index (χ4v) is 1.83. The van der Waals surface area contributed by atoms with Gasteiger partial charge < -0.3 is 0 Å². The molecule has 1 aliphatic carbocycles. The van der Waals surface area contributed by atoms with Crippen molar-refractivity contribution < 1.29 is 4.79 Å². The fraction of sp³-hybridized carbons (Fsp3) is 0.300. The number of allylic oxidation sites excluding steroid dienone is 3. The van der Waals surface area contributed by atoms with Gasteiger partial charge in [-0.3, -0.25) is 4.79 Å². The molecule has 13 heavy (non-hydrogen) atoms. The number of carbonyl (C=O) groups is 1. The van der Waals surface area contributed by atoms with E-state index in [9.17, 15) is 4.79 Å². The highest BCUT2D eigenvalue weighted by molar-refractivity contribution is 6.25. The SMILES string of the molecule is CC1=CC(C)C2=NC(=O)C(C#N)=C12. The van der Waals surface area contributed by atoms with Crippen LogP contribution in [-0.2, 0) is 4.79 Å². The van der Waals surface area contributed by atoms with Crippen LogP contribution in [0.5, 0.6) is 0 Å². The summed E-state index contributed by atoms with van der Waals surface area (Å²) in [5, 5.41) is 8.76. The Balaban J connectivity index is 2.66. The highest BCUT2D eigenvalue weighted by Crippen LogP contribution is 2.33. The van der Waals surface area contributed by atoms with Crippen LogP contribution in [0, 0.1) is 17.2 Å². The highest BCUT2D eigenvalue weighted by atomic mass is 16.1. The molecule has 0 saturated carbocycles. The van der Waals surface area contributed by atoms with Gasteiger partial charge >= 0.3 is 0 Å². The fourth-order valence-electron chi connectivity index (χ4n) is 1.83. The van der Waals surface area contributed by atoms with Crippen LogP contribution in [0.15, 0.2) is 27.8 Å². The third-order valence-corrected chi connectivity index (χ3v) is 2.38. The molecule has 1 aliphatic heterocycles. The maximum atomic E-state index is 11.2. The zero-order valence-corrected chi connectivity index (χ0v) is 7.46. The first-order valence-electron chi connectivity index (χ1n) is 4.11. The number of fused-ring (bicyclic) bond motifs is 1. The van der Waals surface area contributed by atoms with Gasteiger partial charge in [-0.25, -0.2) is 4.99 Å². The number of nitrogens with zero attached hydrogens (tertiary/aromatic N) is 2. The maximum absolute atomic E-state index is 11.2. The molecule has 0 spiro atoms. The van der Waals surface area contributed by atoms with Crippen LogP contribution in [0.25, 0.3) is 0 Å². The average Bonchev–Trinajstić information content (AvgIpc) is 2.52. The number of amides is 1. The second-order valence-corrected chi connectivity index (χ2v) is 3.30. The van der Waals surface area contributed by atoms with Gasteiger partial charge in [-0.05, 0) is 12.5 Å². The monoisotopic (exact) mass is 172 g/mol. The van der Waals surface area contributed by atoms with Gasteiger partial charge in [-0.2, -0.15) is 5.26 Å². The summed E-state index contributed by atoms with van der Waals surface area (Å²) in [5.41, 5.74) is 2.72. The van der Waals surface area contributed by atoms with Gasteiger partial charge in [0.15, 0.2) is 0 Å². The Kier molecular flexibility index (Phi) is 1.46. The molecule has 2 rings (SSSR count). The van der Waals surface area contributed by atoms with Crippen molar-refractivity contribution in [2.24, 2.45) is 10.9 Å². The van der Waals surface area contributed by atoms with Crippen molar-refractivity contribution >= 4 is 11.6 Å². The predicted octanol–water partition coefficient (Wildman–Crippen LogP) is 1.38. The molecule has 1 unspecified atom stereocenters. The third-order valence-electron chi connectivity index (χ3n) is 2.38. The van der Waals surface area contributed by atoms with Crippen LogP contribution in [0.3, 0.4) is 0 Å². The topological polar surface area (TPSA) is 53.2 Å². The molecule has 3 heteroatoms. The number of nitriles is 1. The van der Waals surface area contributed by atoms with E-state index in [4.69, 9.17) is 5.26 Å². The van der Waals surface area contributed by atoms with E-state index in [0.29, 0.717) is 0 Å². The molecule has 1 heterocycles. The van der Waals surface area contributed by atoms with Crippen LogP contribution >= 0.6 is 0 Å². The van der Waals surface area contributed by atoms with Crippen molar-refractivity contribution in [3.8, 4) is 6.07 Å². The van der Waals surface area contributed by atoms with E-state index in [1.54, 1.807) is 0 Å². The predicted molar refractivity (Wildman–Crippen MR) is 48.0 cm³/mol. The molecule has 1 amide bonds. The minimum absolute atomic E-state index is 0.171. The van der Waals surface area contributed by atoms with E-state index >= 15 is 0 Å². The molecule has 0 saturated heterocycles. The standard InChI is InChI=1S/C10H8N2O/c1-5-3-6(2)9-8(5)7(4-11)10(13)12-9/h3,6H,1-2H3. The van der Waals surface area contributed by atoms with Gasteiger partial charge in [0.05, 0.1) is 5.71 Å². The van der Waals surface area contributed by atoms with Crippen molar-refractivity contribution in [1.82, 2.24) is 0 Å². The largest absolute Gasteiger partial charge is 0.288 e. The molecule has 64 valence electrons. The number of rotatable bonds is 0. The summed E-state index contributed by atoms with van der Waals surface area (Å²) in [6.07, 6.45) is 2.03. The van der Waals surface area contributed by atoms with E-state index in [1.165, 1.54) is 0 Å².